The fourth-order valence-corrected chi connectivity index (χ4v) is 3.48. The molecule has 29 heavy (non-hydrogen) atoms. The Morgan fingerprint density at radius 2 is 1.76 bits per heavy atom. The summed E-state index contributed by atoms with van der Waals surface area (Å²) in [7, 11) is 4.16. The van der Waals surface area contributed by atoms with Crippen LogP contribution in [0.1, 0.15) is 18.4 Å². The van der Waals surface area contributed by atoms with Crippen molar-refractivity contribution >= 4 is 28.0 Å². The van der Waals surface area contributed by atoms with Crippen LogP contribution in [0.3, 0.4) is 0 Å². The van der Waals surface area contributed by atoms with Gasteiger partial charge in [-0.05, 0) is 51.7 Å². The van der Waals surface area contributed by atoms with E-state index in [1.54, 1.807) is 6.07 Å². The summed E-state index contributed by atoms with van der Waals surface area (Å²) in [5.74, 6) is 0.527. The third-order valence-corrected chi connectivity index (χ3v) is 4.96. The molecular weight excluding hydrogens is 362 g/mol. The Labute approximate surface area is 169 Å². The summed E-state index contributed by atoms with van der Waals surface area (Å²) in [6.07, 6.45) is 4.06. The van der Waals surface area contributed by atoms with Gasteiger partial charge in [-0.3, -0.25) is 9.79 Å². The largest absolute Gasteiger partial charge is 0.351 e. The topological polar surface area (TPSA) is 77.1 Å². The number of hydrogen-bond acceptors (Lipinski definition) is 4. The molecule has 0 saturated carbocycles. The molecule has 2 aromatic heterocycles. The van der Waals surface area contributed by atoms with Crippen molar-refractivity contribution in [2.45, 2.75) is 12.8 Å². The van der Waals surface area contributed by atoms with Gasteiger partial charge in [-0.1, -0.05) is 30.3 Å². The molecule has 0 aliphatic rings. The van der Waals surface area contributed by atoms with E-state index in [-0.39, 0.29) is 5.56 Å². The lowest BCUT2D eigenvalue weighted by molar-refractivity contribution is 0.396. The number of para-hydroxylation sites is 2. The lowest BCUT2D eigenvalue weighted by atomic mass is 10.1. The van der Waals surface area contributed by atoms with Crippen molar-refractivity contribution in [1.82, 2.24) is 19.9 Å². The molecule has 0 aliphatic heterocycles. The first kappa shape index (κ1) is 19.1. The van der Waals surface area contributed by atoms with Crippen LogP contribution in [-0.2, 0) is 0 Å². The minimum atomic E-state index is -0.143. The lowest BCUT2D eigenvalue weighted by Gasteiger charge is -2.07. The van der Waals surface area contributed by atoms with E-state index in [4.69, 9.17) is 0 Å². The molecule has 4 aromatic rings. The molecule has 0 aliphatic carbocycles. The summed E-state index contributed by atoms with van der Waals surface area (Å²) in [6, 6.07) is 15.4. The molecule has 2 N–H and O–H groups in total. The first-order valence-electron chi connectivity index (χ1n) is 9.88. The summed E-state index contributed by atoms with van der Waals surface area (Å²) in [5.41, 5.74) is 3.26. The molecule has 2 heterocycles. The maximum absolute atomic E-state index is 12.5. The van der Waals surface area contributed by atoms with Gasteiger partial charge in [0, 0.05) is 29.2 Å². The molecule has 0 unspecified atom stereocenters. The Morgan fingerprint density at radius 1 is 1.00 bits per heavy atom. The molecule has 6 heteroatoms. The highest BCUT2D eigenvalue weighted by atomic mass is 16.1. The maximum Gasteiger partial charge on any atom is 0.259 e. The van der Waals surface area contributed by atoms with Crippen molar-refractivity contribution in [2.24, 2.45) is 4.99 Å². The normalized spacial score (nSPS) is 12.0. The fourth-order valence-electron chi connectivity index (χ4n) is 3.48. The second-order valence-corrected chi connectivity index (χ2v) is 7.44. The van der Waals surface area contributed by atoms with Crippen molar-refractivity contribution in [1.29, 1.82) is 0 Å². The smallest absolute Gasteiger partial charge is 0.259 e. The van der Waals surface area contributed by atoms with Crippen molar-refractivity contribution in [2.75, 3.05) is 27.2 Å². The van der Waals surface area contributed by atoms with E-state index in [0.29, 0.717) is 16.7 Å². The van der Waals surface area contributed by atoms with Gasteiger partial charge in [0.2, 0.25) is 0 Å². The highest BCUT2D eigenvalue weighted by Gasteiger charge is 2.14. The Morgan fingerprint density at radius 3 is 2.59 bits per heavy atom. The predicted molar refractivity (Wildman–Crippen MR) is 120 cm³/mol. The van der Waals surface area contributed by atoms with Crippen LogP contribution >= 0.6 is 0 Å². The standard InChI is InChI=1S/C23H25N5O/c1-28(2)14-8-7-13-24-15-18-16-9-3-5-11-19(16)25-21(18)22-26-20-12-6-4-10-17(20)23(29)27-22/h3-6,9-12,15,25H,7-8,13-14H2,1-2H3,(H,26,27,29). The van der Waals surface area contributed by atoms with E-state index >= 15 is 0 Å². The zero-order chi connectivity index (χ0) is 20.2. The van der Waals surface area contributed by atoms with Crippen molar-refractivity contribution in [3.8, 4) is 11.5 Å². The van der Waals surface area contributed by atoms with E-state index in [2.05, 4.69) is 45.0 Å². The number of aromatic amines is 2. The summed E-state index contributed by atoms with van der Waals surface area (Å²) in [6.45, 7) is 1.84. The lowest BCUT2D eigenvalue weighted by Crippen LogP contribution is -2.12. The number of fused-ring (bicyclic) bond motifs is 2. The Kier molecular flexibility index (Phi) is 5.53. The van der Waals surface area contributed by atoms with Crippen LogP contribution in [0.15, 0.2) is 58.3 Å². The van der Waals surface area contributed by atoms with Gasteiger partial charge >= 0.3 is 0 Å². The van der Waals surface area contributed by atoms with Gasteiger partial charge in [0.15, 0.2) is 5.82 Å². The summed E-state index contributed by atoms with van der Waals surface area (Å²) >= 11 is 0. The van der Waals surface area contributed by atoms with Crippen molar-refractivity contribution < 1.29 is 0 Å². The van der Waals surface area contributed by atoms with Gasteiger partial charge in [0.05, 0.1) is 16.6 Å². The van der Waals surface area contributed by atoms with E-state index < -0.39 is 0 Å². The predicted octanol–water partition coefficient (Wildman–Crippen LogP) is 3.83. The molecule has 6 nitrogen and oxygen atoms in total. The second kappa shape index (κ2) is 8.41. The van der Waals surface area contributed by atoms with E-state index in [9.17, 15) is 4.79 Å². The third-order valence-electron chi connectivity index (χ3n) is 4.96. The quantitative estimate of drug-likeness (QED) is 0.374. The average molecular weight is 387 g/mol. The highest BCUT2D eigenvalue weighted by molar-refractivity contribution is 6.05. The van der Waals surface area contributed by atoms with Crippen LogP contribution in [-0.4, -0.2) is 53.3 Å². The van der Waals surface area contributed by atoms with Crippen LogP contribution in [0, 0.1) is 0 Å². The molecule has 0 amide bonds. The van der Waals surface area contributed by atoms with Gasteiger partial charge in [0.25, 0.3) is 5.56 Å². The number of rotatable bonds is 7. The number of H-pyrrole nitrogens is 2. The maximum atomic E-state index is 12.5. The first-order valence-corrected chi connectivity index (χ1v) is 9.88. The Bertz CT molecular complexity index is 1220. The number of benzene rings is 2. The highest BCUT2D eigenvalue weighted by Crippen LogP contribution is 2.27. The van der Waals surface area contributed by atoms with Gasteiger partial charge < -0.3 is 14.9 Å². The van der Waals surface area contributed by atoms with Crippen molar-refractivity contribution in [3.05, 3.63) is 64.4 Å². The van der Waals surface area contributed by atoms with Crippen LogP contribution < -0.4 is 5.56 Å². The molecule has 0 atom stereocenters. The third kappa shape index (κ3) is 4.12. The van der Waals surface area contributed by atoms with E-state index in [0.717, 1.165) is 48.1 Å². The SMILES string of the molecule is CN(C)CCCCN=Cc1c(-c2nc3ccccc3c(=O)[nH]2)[nH]c2ccccc12. The fraction of sp³-hybridized carbons (Fsp3) is 0.261. The van der Waals surface area contributed by atoms with Crippen LogP contribution in [0.5, 0.6) is 0 Å². The molecule has 2 aromatic carbocycles. The van der Waals surface area contributed by atoms with Gasteiger partial charge in [-0.25, -0.2) is 4.98 Å². The molecule has 0 fully saturated rings. The van der Waals surface area contributed by atoms with Gasteiger partial charge in [-0.15, -0.1) is 0 Å². The molecule has 0 saturated heterocycles. The second-order valence-electron chi connectivity index (χ2n) is 7.44. The van der Waals surface area contributed by atoms with Crippen LogP contribution in [0.4, 0.5) is 0 Å². The number of aliphatic imine (C=N–C) groups is 1. The molecule has 4 rings (SSSR count). The minimum absolute atomic E-state index is 0.143. The summed E-state index contributed by atoms with van der Waals surface area (Å²) < 4.78 is 0. The van der Waals surface area contributed by atoms with Gasteiger partial charge in [-0.2, -0.15) is 0 Å². The zero-order valence-electron chi connectivity index (χ0n) is 16.8. The molecule has 148 valence electrons. The number of nitrogens with one attached hydrogen (secondary N) is 2. The molecule has 0 spiro atoms. The zero-order valence-corrected chi connectivity index (χ0v) is 16.8. The average Bonchev–Trinajstić information content (AvgIpc) is 3.09. The Hall–Kier alpha value is -3.25. The molecule has 0 bridgehead atoms. The Balaban J connectivity index is 1.71. The van der Waals surface area contributed by atoms with Crippen molar-refractivity contribution in [3.63, 3.8) is 0 Å². The van der Waals surface area contributed by atoms with Crippen LogP contribution in [0.25, 0.3) is 33.3 Å². The van der Waals surface area contributed by atoms with Gasteiger partial charge in [0.1, 0.15) is 0 Å². The molecule has 0 radical (unpaired) electrons. The summed E-state index contributed by atoms with van der Waals surface area (Å²) in [4.78, 5) is 30.4. The van der Waals surface area contributed by atoms with E-state index in [1.807, 2.05) is 42.6 Å². The summed E-state index contributed by atoms with van der Waals surface area (Å²) in [5, 5.41) is 1.65. The molecular formula is C23H25N5O. The minimum Gasteiger partial charge on any atom is -0.351 e. The number of unbranched alkanes of at least 4 members (excludes halogenated alkanes) is 1. The number of aromatic nitrogens is 3. The van der Waals surface area contributed by atoms with E-state index in [1.165, 1.54) is 0 Å². The first-order chi connectivity index (χ1) is 14.1. The number of hydrogen-bond donors (Lipinski definition) is 2. The monoisotopic (exact) mass is 387 g/mol. The van der Waals surface area contributed by atoms with Crippen LogP contribution in [0.2, 0.25) is 0 Å². The number of nitrogens with zero attached hydrogens (tertiary/aromatic N) is 3.